The van der Waals surface area contributed by atoms with Crippen LogP contribution in [-0.4, -0.2) is 0 Å². The molecule has 0 saturated carbocycles. The van der Waals surface area contributed by atoms with E-state index in [2.05, 4.69) is 17.5 Å². The van der Waals surface area contributed by atoms with E-state index in [4.69, 9.17) is 0 Å². The van der Waals surface area contributed by atoms with Crippen LogP contribution < -0.4 is 5.32 Å². The van der Waals surface area contributed by atoms with Gasteiger partial charge in [-0.05, 0) is 51.4 Å². The number of nitrogens with one attached hydrogen (secondary N) is 1. The Kier molecular flexibility index (Phi) is 5.67. The Bertz CT molecular complexity index is 247. The molecule has 0 spiro atoms. The zero-order chi connectivity index (χ0) is 11.8. The van der Waals surface area contributed by atoms with Crippen molar-refractivity contribution >= 4 is 0 Å². The molecule has 0 radical (unpaired) electrons. The summed E-state index contributed by atoms with van der Waals surface area (Å²) in [5, 5.41) is 3.72. The quantitative estimate of drug-likeness (QED) is 0.703. The van der Waals surface area contributed by atoms with Crippen molar-refractivity contribution in [3.8, 4) is 0 Å². The zero-order valence-electron chi connectivity index (χ0n) is 11.1. The average molecular weight is 233 g/mol. The molecule has 96 valence electrons. The zero-order valence-corrected chi connectivity index (χ0v) is 11.1. The van der Waals surface area contributed by atoms with Crippen LogP contribution in [0.2, 0.25) is 0 Å². The van der Waals surface area contributed by atoms with Crippen molar-refractivity contribution in [2.45, 2.75) is 77.0 Å². The molecule has 0 bridgehead atoms. The summed E-state index contributed by atoms with van der Waals surface area (Å²) >= 11 is 0. The molecule has 2 aliphatic carbocycles. The maximum Gasteiger partial charge on any atom is 0.0108 e. The highest BCUT2D eigenvalue weighted by molar-refractivity contribution is 5.12. The molecule has 1 heteroatoms. The molecule has 0 saturated heterocycles. The first-order valence-electron chi connectivity index (χ1n) is 7.60. The third-order valence-corrected chi connectivity index (χ3v) is 3.90. The molecule has 0 amide bonds. The van der Waals surface area contributed by atoms with E-state index in [0.717, 1.165) is 0 Å². The van der Waals surface area contributed by atoms with Gasteiger partial charge in [0.25, 0.3) is 0 Å². The first kappa shape index (κ1) is 12.7. The lowest BCUT2D eigenvalue weighted by molar-refractivity contribution is 0.587. The van der Waals surface area contributed by atoms with Crippen molar-refractivity contribution in [3.05, 3.63) is 23.5 Å². The Labute approximate surface area is 106 Å². The van der Waals surface area contributed by atoms with Crippen LogP contribution in [0.25, 0.3) is 0 Å². The minimum absolute atomic E-state index is 1.26. The topological polar surface area (TPSA) is 12.0 Å². The summed E-state index contributed by atoms with van der Waals surface area (Å²) in [6, 6.07) is 0. The lowest BCUT2D eigenvalue weighted by Gasteiger charge is -2.18. The highest BCUT2D eigenvalue weighted by Gasteiger charge is 2.05. The monoisotopic (exact) mass is 233 g/mol. The Balaban J connectivity index is 1.88. The second-order valence-electron chi connectivity index (χ2n) is 5.49. The molecule has 0 aliphatic heterocycles. The van der Waals surface area contributed by atoms with Gasteiger partial charge in [-0.1, -0.05) is 37.8 Å². The minimum Gasteiger partial charge on any atom is -0.363 e. The van der Waals surface area contributed by atoms with Gasteiger partial charge in [-0.2, -0.15) is 0 Å². The van der Waals surface area contributed by atoms with Crippen molar-refractivity contribution in [2.24, 2.45) is 0 Å². The molecular formula is C16H27N. The first-order valence-corrected chi connectivity index (χ1v) is 7.60. The van der Waals surface area contributed by atoms with Gasteiger partial charge >= 0.3 is 0 Å². The van der Waals surface area contributed by atoms with E-state index in [-0.39, 0.29) is 0 Å². The smallest absolute Gasteiger partial charge is 0.0108 e. The third kappa shape index (κ3) is 4.97. The lowest BCUT2D eigenvalue weighted by atomic mass is 10.0. The Morgan fingerprint density at radius 2 is 1.06 bits per heavy atom. The van der Waals surface area contributed by atoms with Gasteiger partial charge in [-0.15, -0.1) is 0 Å². The number of rotatable bonds is 2. The molecule has 0 aromatic carbocycles. The summed E-state index contributed by atoms with van der Waals surface area (Å²) in [6.07, 6.45) is 21.1. The van der Waals surface area contributed by atoms with Crippen LogP contribution in [-0.2, 0) is 0 Å². The summed E-state index contributed by atoms with van der Waals surface area (Å²) in [5.74, 6) is 0. The standard InChI is InChI=1S/C16H27N/c1-3-7-11-15(12-8-4-1)17-16-13-9-5-2-6-10-14-16/h11,13,17H,1-10,12,14H2/b15-11+,16-13?. The van der Waals surface area contributed by atoms with E-state index in [1.807, 2.05) is 0 Å². The molecular weight excluding hydrogens is 206 g/mol. The van der Waals surface area contributed by atoms with E-state index >= 15 is 0 Å². The molecule has 0 aromatic heterocycles. The molecule has 0 unspecified atom stereocenters. The van der Waals surface area contributed by atoms with Crippen molar-refractivity contribution in [3.63, 3.8) is 0 Å². The summed E-state index contributed by atoms with van der Waals surface area (Å²) in [6.45, 7) is 0. The molecule has 2 rings (SSSR count). The second kappa shape index (κ2) is 7.58. The van der Waals surface area contributed by atoms with Crippen LogP contribution in [0.1, 0.15) is 77.0 Å². The fourth-order valence-electron chi connectivity index (χ4n) is 2.82. The van der Waals surface area contributed by atoms with Crippen molar-refractivity contribution < 1.29 is 0 Å². The normalized spacial score (nSPS) is 26.6. The summed E-state index contributed by atoms with van der Waals surface area (Å²) < 4.78 is 0. The van der Waals surface area contributed by atoms with Gasteiger partial charge in [-0.3, -0.25) is 0 Å². The Morgan fingerprint density at radius 1 is 0.588 bits per heavy atom. The maximum atomic E-state index is 3.72. The van der Waals surface area contributed by atoms with Crippen LogP contribution in [0, 0.1) is 0 Å². The van der Waals surface area contributed by atoms with Crippen LogP contribution in [0.5, 0.6) is 0 Å². The summed E-state index contributed by atoms with van der Waals surface area (Å²) in [5.41, 5.74) is 2.99. The predicted molar refractivity (Wildman–Crippen MR) is 74.7 cm³/mol. The van der Waals surface area contributed by atoms with E-state index < -0.39 is 0 Å². The van der Waals surface area contributed by atoms with Crippen LogP contribution in [0.3, 0.4) is 0 Å². The van der Waals surface area contributed by atoms with Gasteiger partial charge in [0.15, 0.2) is 0 Å². The van der Waals surface area contributed by atoms with Gasteiger partial charge in [0.2, 0.25) is 0 Å². The largest absolute Gasteiger partial charge is 0.363 e. The van der Waals surface area contributed by atoms with Gasteiger partial charge in [0.05, 0.1) is 0 Å². The molecule has 2 aliphatic rings. The van der Waals surface area contributed by atoms with Crippen molar-refractivity contribution in [1.82, 2.24) is 5.32 Å². The van der Waals surface area contributed by atoms with E-state index in [1.54, 1.807) is 0 Å². The molecule has 1 nitrogen and oxygen atoms in total. The van der Waals surface area contributed by atoms with Crippen LogP contribution in [0.15, 0.2) is 23.5 Å². The molecule has 0 heterocycles. The fraction of sp³-hybridized carbons (Fsp3) is 0.750. The second-order valence-corrected chi connectivity index (χ2v) is 5.49. The van der Waals surface area contributed by atoms with Crippen molar-refractivity contribution in [2.75, 3.05) is 0 Å². The van der Waals surface area contributed by atoms with E-state index in [9.17, 15) is 0 Å². The lowest BCUT2D eigenvalue weighted by Crippen LogP contribution is -2.14. The van der Waals surface area contributed by atoms with Crippen LogP contribution in [0.4, 0.5) is 0 Å². The first-order chi connectivity index (χ1) is 8.45. The highest BCUT2D eigenvalue weighted by atomic mass is 14.9. The van der Waals surface area contributed by atoms with Crippen molar-refractivity contribution in [1.29, 1.82) is 0 Å². The third-order valence-electron chi connectivity index (χ3n) is 3.90. The van der Waals surface area contributed by atoms with Gasteiger partial charge in [-0.25, -0.2) is 0 Å². The summed E-state index contributed by atoms with van der Waals surface area (Å²) in [7, 11) is 0. The van der Waals surface area contributed by atoms with Gasteiger partial charge in [0.1, 0.15) is 0 Å². The average Bonchev–Trinajstić information content (AvgIpc) is 2.24. The van der Waals surface area contributed by atoms with E-state index in [0.29, 0.717) is 0 Å². The number of hydrogen-bond donors (Lipinski definition) is 1. The highest BCUT2D eigenvalue weighted by Crippen LogP contribution is 2.20. The number of allylic oxidation sites excluding steroid dienone is 4. The molecule has 1 N–H and O–H groups in total. The number of hydrogen-bond acceptors (Lipinski definition) is 1. The molecule has 0 aromatic rings. The SMILES string of the molecule is C1=C(N/C2=C/CCCCCC2)CCCCCC1. The predicted octanol–water partition coefficient (Wildman–Crippen LogP) is 5.05. The summed E-state index contributed by atoms with van der Waals surface area (Å²) in [4.78, 5) is 0. The molecule has 17 heavy (non-hydrogen) atoms. The van der Waals surface area contributed by atoms with Gasteiger partial charge in [0, 0.05) is 11.4 Å². The molecule has 0 atom stereocenters. The Hall–Kier alpha value is -0.720. The van der Waals surface area contributed by atoms with Gasteiger partial charge < -0.3 is 5.32 Å². The fourth-order valence-corrected chi connectivity index (χ4v) is 2.82. The molecule has 0 fully saturated rings. The Morgan fingerprint density at radius 3 is 1.59 bits per heavy atom. The van der Waals surface area contributed by atoms with E-state index in [1.165, 1.54) is 88.4 Å². The minimum atomic E-state index is 1.26. The maximum absolute atomic E-state index is 3.72. The van der Waals surface area contributed by atoms with Crippen LogP contribution >= 0.6 is 0 Å².